The molecule has 0 heterocycles. The number of nitrogens with one attached hydrogen (secondary N) is 2. The van der Waals surface area contributed by atoms with Gasteiger partial charge in [0.25, 0.3) is 0 Å². The minimum atomic E-state index is -0.829. The molecule has 1 unspecified atom stereocenters. The van der Waals surface area contributed by atoms with E-state index in [0.29, 0.717) is 25.6 Å². The summed E-state index contributed by atoms with van der Waals surface area (Å²) in [7, 11) is 0. The zero-order valence-corrected chi connectivity index (χ0v) is 15.2. The normalized spacial score (nSPS) is 18.6. The van der Waals surface area contributed by atoms with Crippen molar-refractivity contribution in [3.63, 3.8) is 0 Å². The fourth-order valence-corrected chi connectivity index (χ4v) is 2.89. The molecule has 26 heavy (non-hydrogen) atoms. The monoisotopic (exact) mass is 358 g/mol. The molecule has 2 rings (SSSR count). The Kier molecular flexibility index (Phi) is 8.50. The van der Waals surface area contributed by atoms with Crippen LogP contribution in [0.4, 0.5) is 0 Å². The van der Waals surface area contributed by atoms with E-state index in [1.807, 2.05) is 24.3 Å². The average Bonchev–Trinajstić information content (AvgIpc) is 2.69. The Balaban J connectivity index is 1.65. The van der Waals surface area contributed by atoms with Crippen molar-refractivity contribution < 1.29 is 9.90 Å². The number of hydrogen-bond acceptors (Lipinski definition) is 5. The van der Waals surface area contributed by atoms with Gasteiger partial charge in [-0.05, 0) is 42.4 Å². The summed E-state index contributed by atoms with van der Waals surface area (Å²) in [5.41, 5.74) is 14.6. The fourth-order valence-electron chi connectivity index (χ4n) is 2.89. The zero-order valence-electron chi connectivity index (χ0n) is 15.2. The van der Waals surface area contributed by atoms with Gasteiger partial charge in [-0.25, -0.2) is 0 Å². The summed E-state index contributed by atoms with van der Waals surface area (Å²) in [5, 5.41) is 15.8. The first kappa shape index (κ1) is 20.3. The minimum absolute atomic E-state index is 0.234. The summed E-state index contributed by atoms with van der Waals surface area (Å²) in [6.07, 6.45) is 7.30. The van der Waals surface area contributed by atoms with E-state index in [1.54, 1.807) is 0 Å². The second kappa shape index (κ2) is 10.9. The summed E-state index contributed by atoms with van der Waals surface area (Å²) >= 11 is 0. The third kappa shape index (κ3) is 7.09. The number of allylic oxidation sites excluding steroid dienone is 1. The molecule has 0 bridgehead atoms. The van der Waals surface area contributed by atoms with E-state index < -0.39 is 6.23 Å². The topological polar surface area (TPSA) is 113 Å². The molecule has 1 aromatic rings. The number of amides is 1. The molecule has 0 aromatic heterocycles. The van der Waals surface area contributed by atoms with Gasteiger partial charge in [-0.2, -0.15) is 0 Å². The fraction of sp³-hybridized carbons (Fsp3) is 0.450. The Morgan fingerprint density at radius 2 is 1.96 bits per heavy atom. The van der Waals surface area contributed by atoms with Gasteiger partial charge in [-0.1, -0.05) is 35.9 Å². The number of carbonyl (C=O) groups excluding carboxylic acids is 1. The highest BCUT2D eigenvalue weighted by Crippen LogP contribution is 2.22. The SMILES string of the molecule is NCC1=CC[C@@H](CNC(O)/C=C\C(=O)NCc2ccc(CN)cc2)CC1. The Hall–Kier alpha value is -1.99. The van der Waals surface area contributed by atoms with E-state index in [2.05, 4.69) is 16.7 Å². The van der Waals surface area contributed by atoms with Crippen LogP contribution in [0, 0.1) is 5.92 Å². The summed E-state index contributed by atoms with van der Waals surface area (Å²) in [5.74, 6) is 0.264. The van der Waals surface area contributed by atoms with Gasteiger partial charge in [-0.3, -0.25) is 10.1 Å². The predicted octanol–water partition coefficient (Wildman–Crippen LogP) is 0.911. The summed E-state index contributed by atoms with van der Waals surface area (Å²) < 4.78 is 0. The van der Waals surface area contributed by atoms with Gasteiger partial charge in [-0.15, -0.1) is 0 Å². The first-order valence-corrected chi connectivity index (χ1v) is 9.14. The highest BCUT2D eigenvalue weighted by Gasteiger charge is 2.14. The number of carbonyl (C=O) groups is 1. The van der Waals surface area contributed by atoms with Crippen LogP contribution in [-0.4, -0.2) is 30.3 Å². The molecule has 0 radical (unpaired) electrons. The lowest BCUT2D eigenvalue weighted by Gasteiger charge is -2.22. The van der Waals surface area contributed by atoms with Gasteiger partial charge in [0.05, 0.1) is 0 Å². The number of rotatable bonds is 9. The quantitative estimate of drug-likeness (QED) is 0.256. The lowest BCUT2D eigenvalue weighted by molar-refractivity contribution is -0.116. The Morgan fingerprint density at radius 1 is 1.23 bits per heavy atom. The highest BCUT2D eigenvalue weighted by molar-refractivity contribution is 5.87. The summed E-state index contributed by atoms with van der Waals surface area (Å²) in [6, 6.07) is 7.78. The molecule has 7 N–H and O–H groups in total. The molecule has 6 nitrogen and oxygen atoms in total. The Labute approximate surface area is 155 Å². The lowest BCUT2D eigenvalue weighted by atomic mass is 9.89. The van der Waals surface area contributed by atoms with Gasteiger partial charge in [0, 0.05) is 32.3 Å². The van der Waals surface area contributed by atoms with Crippen molar-refractivity contribution in [1.29, 1.82) is 0 Å². The van der Waals surface area contributed by atoms with Crippen molar-refractivity contribution in [2.45, 2.75) is 38.6 Å². The molecule has 6 heteroatoms. The van der Waals surface area contributed by atoms with Gasteiger partial charge in [0.2, 0.25) is 5.91 Å². The van der Waals surface area contributed by atoms with Gasteiger partial charge >= 0.3 is 0 Å². The van der Waals surface area contributed by atoms with Crippen LogP contribution in [0.15, 0.2) is 48.1 Å². The van der Waals surface area contributed by atoms with Crippen LogP contribution in [0.25, 0.3) is 0 Å². The molecule has 2 atom stereocenters. The van der Waals surface area contributed by atoms with Crippen LogP contribution in [-0.2, 0) is 17.9 Å². The van der Waals surface area contributed by atoms with E-state index >= 15 is 0 Å². The number of benzene rings is 1. The lowest BCUT2D eigenvalue weighted by Crippen LogP contribution is -2.33. The molecule has 0 spiro atoms. The molecule has 1 amide bonds. The number of nitrogens with two attached hydrogens (primary N) is 2. The highest BCUT2D eigenvalue weighted by atomic mass is 16.3. The first-order chi connectivity index (χ1) is 12.6. The number of hydrogen-bond donors (Lipinski definition) is 5. The maximum atomic E-state index is 11.8. The summed E-state index contributed by atoms with van der Waals surface area (Å²) in [4.78, 5) is 11.8. The first-order valence-electron chi connectivity index (χ1n) is 9.14. The maximum Gasteiger partial charge on any atom is 0.244 e. The Bertz CT molecular complexity index is 625. The van der Waals surface area contributed by atoms with Gasteiger partial charge < -0.3 is 21.9 Å². The second-order valence-corrected chi connectivity index (χ2v) is 6.66. The van der Waals surface area contributed by atoms with E-state index in [1.165, 1.54) is 17.7 Å². The molecule has 0 saturated carbocycles. The summed E-state index contributed by atoms with van der Waals surface area (Å²) in [6.45, 7) is 2.30. The van der Waals surface area contributed by atoms with Crippen molar-refractivity contribution >= 4 is 5.91 Å². The van der Waals surface area contributed by atoms with Crippen molar-refractivity contribution in [2.75, 3.05) is 13.1 Å². The van der Waals surface area contributed by atoms with Crippen molar-refractivity contribution in [1.82, 2.24) is 10.6 Å². The van der Waals surface area contributed by atoms with Crippen LogP contribution < -0.4 is 22.1 Å². The standard InChI is InChI=1S/C20H30N4O2/c21-11-15-1-5-17(6-2-15)13-23-19(25)9-10-20(26)24-14-18-7-3-16(12-22)4-8-18/h1-3,5-6,9-10,18,20,24,26H,4,7-8,11-14,21-22H2,(H,23,25)/b10-9-/t18-,20?/m1/s1. The Morgan fingerprint density at radius 3 is 2.58 bits per heavy atom. The van der Waals surface area contributed by atoms with Crippen LogP contribution in [0.2, 0.25) is 0 Å². The van der Waals surface area contributed by atoms with Crippen molar-refractivity contribution in [3.8, 4) is 0 Å². The van der Waals surface area contributed by atoms with E-state index in [9.17, 15) is 9.90 Å². The molecular formula is C20H30N4O2. The maximum absolute atomic E-state index is 11.8. The molecule has 0 saturated heterocycles. The van der Waals surface area contributed by atoms with E-state index in [0.717, 1.165) is 36.9 Å². The zero-order chi connectivity index (χ0) is 18.8. The molecule has 0 fully saturated rings. The van der Waals surface area contributed by atoms with E-state index in [4.69, 9.17) is 11.5 Å². The predicted molar refractivity (Wildman–Crippen MR) is 104 cm³/mol. The number of aliphatic hydroxyl groups is 1. The number of aliphatic hydroxyl groups excluding tert-OH is 1. The third-order valence-electron chi connectivity index (χ3n) is 4.65. The van der Waals surface area contributed by atoms with Gasteiger partial charge in [0.15, 0.2) is 0 Å². The van der Waals surface area contributed by atoms with Crippen molar-refractivity contribution in [2.24, 2.45) is 17.4 Å². The molecule has 1 aromatic carbocycles. The molecule has 0 aliphatic heterocycles. The smallest absolute Gasteiger partial charge is 0.244 e. The largest absolute Gasteiger partial charge is 0.375 e. The van der Waals surface area contributed by atoms with Gasteiger partial charge in [0.1, 0.15) is 6.23 Å². The molecular weight excluding hydrogens is 328 g/mol. The van der Waals surface area contributed by atoms with Crippen LogP contribution >= 0.6 is 0 Å². The van der Waals surface area contributed by atoms with Crippen LogP contribution in [0.5, 0.6) is 0 Å². The van der Waals surface area contributed by atoms with Crippen molar-refractivity contribution in [3.05, 3.63) is 59.2 Å². The minimum Gasteiger partial charge on any atom is -0.375 e. The molecule has 142 valence electrons. The second-order valence-electron chi connectivity index (χ2n) is 6.66. The van der Waals surface area contributed by atoms with Crippen LogP contribution in [0.3, 0.4) is 0 Å². The average molecular weight is 358 g/mol. The van der Waals surface area contributed by atoms with Crippen LogP contribution in [0.1, 0.15) is 30.4 Å². The van der Waals surface area contributed by atoms with E-state index in [-0.39, 0.29) is 5.91 Å². The molecule has 1 aliphatic carbocycles. The third-order valence-corrected chi connectivity index (χ3v) is 4.65. The molecule has 1 aliphatic rings.